The Morgan fingerprint density at radius 2 is 2.08 bits per heavy atom. The van der Waals surface area contributed by atoms with Gasteiger partial charge in [-0.05, 0) is 18.2 Å². The highest BCUT2D eigenvalue weighted by molar-refractivity contribution is 5.95. The number of aryl methyl sites for hydroxylation is 1. The number of nitrogens with zero attached hydrogens (tertiary/aromatic N) is 3. The van der Waals surface area contributed by atoms with E-state index in [0.717, 1.165) is 0 Å². The van der Waals surface area contributed by atoms with Gasteiger partial charge in [0.2, 0.25) is 6.79 Å². The Morgan fingerprint density at radius 1 is 1.29 bits per heavy atom. The largest absolute Gasteiger partial charge is 0.481 e. The zero-order valence-electron chi connectivity index (χ0n) is 12.9. The minimum absolute atomic E-state index is 0.106. The second-order valence-electron chi connectivity index (χ2n) is 5.83. The lowest BCUT2D eigenvalue weighted by molar-refractivity contribution is -0.139. The maximum atomic E-state index is 12.8. The predicted molar refractivity (Wildman–Crippen MR) is 80.9 cm³/mol. The molecule has 1 aromatic carbocycles. The molecule has 1 N–H and O–H groups in total. The Morgan fingerprint density at radius 3 is 2.88 bits per heavy atom. The van der Waals surface area contributed by atoms with Crippen LogP contribution in [0.1, 0.15) is 27.7 Å². The van der Waals surface area contributed by atoms with Crippen LogP contribution in [-0.2, 0) is 18.4 Å². The second kappa shape index (κ2) is 5.26. The molecule has 24 heavy (non-hydrogen) atoms. The number of imidazole rings is 1. The highest BCUT2D eigenvalue weighted by atomic mass is 16.7. The summed E-state index contributed by atoms with van der Waals surface area (Å²) in [6, 6.07) is 4.95. The normalized spacial score (nSPS) is 18.4. The molecular weight excluding hydrogens is 314 g/mol. The van der Waals surface area contributed by atoms with Gasteiger partial charge in [-0.2, -0.15) is 0 Å². The first kappa shape index (κ1) is 14.6. The number of aliphatic carboxylic acids is 1. The number of carbonyl (C=O) groups excluding carboxylic acids is 1. The molecule has 0 saturated heterocycles. The van der Waals surface area contributed by atoms with Gasteiger partial charge in [0.1, 0.15) is 5.92 Å². The van der Waals surface area contributed by atoms with Gasteiger partial charge in [-0.25, -0.2) is 4.98 Å². The van der Waals surface area contributed by atoms with Gasteiger partial charge < -0.3 is 24.0 Å². The fourth-order valence-corrected chi connectivity index (χ4v) is 3.17. The van der Waals surface area contributed by atoms with E-state index in [4.69, 9.17) is 9.47 Å². The first-order chi connectivity index (χ1) is 11.5. The number of carbonyl (C=O) groups is 2. The van der Waals surface area contributed by atoms with Gasteiger partial charge in [0.05, 0.1) is 24.3 Å². The van der Waals surface area contributed by atoms with E-state index >= 15 is 0 Å². The smallest absolute Gasteiger partial charge is 0.314 e. The van der Waals surface area contributed by atoms with Crippen LogP contribution in [0.4, 0.5) is 0 Å². The number of ether oxygens (including phenoxy) is 2. The minimum atomic E-state index is -0.969. The van der Waals surface area contributed by atoms with Crippen LogP contribution < -0.4 is 9.47 Å². The summed E-state index contributed by atoms with van der Waals surface area (Å²) in [6.45, 7) is 0.525. The van der Waals surface area contributed by atoms with Crippen molar-refractivity contribution in [2.45, 2.75) is 12.5 Å². The summed E-state index contributed by atoms with van der Waals surface area (Å²) in [6.07, 6.45) is 1.58. The Balaban J connectivity index is 1.65. The lowest BCUT2D eigenvalue weighted by Crippen LogP contribution is -2.41. The molecule has 124 valence electrons. The molecule has 8 nitrogen and oxygen atoms in total. The standard InChI is InChI=1S/C16H15N3O5/c1-18-7-17-11-6-19(5-10(14(11)18)16(21)22)15(20)9-2-3-12-13(4-9)24-8-23-12/h2-4,7,10H,5-6,8H2,1H3,(H,21,22)/t10-/m1/s1. The van der Waals surface area contributed by atoms with Crippen molar-refractivity contribution in [2.24, 2.45) is 7.05 Å². The van der Waals surface area contributed by atoms with Crippen LogP contribution in [0.2, 0.25) is 0 Å². The molecule has 2 aliphatic rings. The number of carboxylic acids is 1. The molecule has 0 bridgehead atoms. The van der Waals surface area contributed by atoms with Crippen LogP contribution in [0.15, 0.2) is 24.5 Å². The molecule has 4 rings (SSSR count). The molecule has 1 aromatic heterocycles. The lowest BCUT2D eigenvalue weighted by Gasteiger charge is -2.31. The van der Waals surface area contributed by atoms with Crippen molar-refractivity contribution in [3.05, 3.63) is 41.5 Å². The molecular formula is C16H15N3O5. The summed E-state index contributed by atoms with van der Waals surface area (Å²) in [5, 5.41) is 9.51. The number of hydrogen-bond acceptors (Lipinski definition) is 5. The van der Waals surface area contributed by atoms with Crippen LogP contribution >= 0.6 is 0 Å². The van der Waals surface area contributed by atoms with E-state index < -0.39 is 11.9 Å². The molecule has 0 saturated carbocycles. The van der Waals surface area contributed by atoms with E-state index in [9.17, 15) is 14.7 Å². The molecule has 2 aromatic rings. The predicted octanol–water partition coefficient (Wildman–Crippen LogP) is 0.973. The van der Waals surface area contributed by atoms with Gasteiger partial charge in [-0.3, -0.25) is 9.59 Å². The first-order valence-corrected chi connectivity index (χ1v) is 7.46. The molecule has 0 unspecified atom stereocenters. The van der Waals surface area contributed by atoms with E-state index in [1.807, 2.05) is 0 Å². The van der Waals surface area contributed by atoms with Crippen molar-refractivity contribution in [1.82, 2.24) is 14.5 Å². The minimum Gasteiger partial charge on any atom is -0.481 e. The number of amides is 1. The number of hydrogen-bond donors (Lipinski definition) is 1. The number of fused-ring (bicyclic) bond motifs is 2. The number of benzene rings is 1. The summed E-state index contributed by atoms with van der Waals surface area (Å²) in [5.41, 5.74) is 1.70. The maximum Gasteiger partial charge on any atom is 0.314 e. The summed E-state index contributed by atoms with van der Waals surface area (Å²) >= 11 is 0. The summed E-state index contributed by atoms with van der Waals surface area (Å²) < 4.78 is 12.2. The number of carboxylic acid groups (broad SMARTS) is 1. The van der Waals surface area contributed by atoms with Crippen LogP contribution in [0.5, 0.6) is 11.5 Å². The fourth-order valence-electron chi connectivity index (χ4n) is 3.17. The van der Waals surface area contributed by atoms with E-state index in [0.29, 0.717) is 28.5 Å². The van der Waals surface area contributed by atoms with Crippen molar-refractivity contribution >= 4 is 11.9 Å². The quantitative estimate of drug-likeness (QED) is 0.882. The average Bonchev–Trinajstić information content (AvgIpc) is 3.19. The molecule has 0 aliphatic carbocycles. The maximum absolute atomic E-state index is 12.8. The second-order valence-corrected chi connectivity index (χ2v) is 5.83. The van der Waals surface area contributed by atoms with Crippen LogP contribution in [0.3, 0.4) is 0 Å². The van der Waals surface area contributed by atoms with E-state index in [1.54, 1.807) is 36.1 Å². The molecule has 0 spiro atoms. The van der Waals surface area contributed by atoms with Gasteiger partial charge >= 0.3 is 5.97 Å². The topological polar surface area (TPSA) is 93.9 Å². The van der Waals surface area contributed by atoms with Gasteiger partial charge in [0.25, 0.3) is 5.91 Å². The van der Waals surface area contributed by atoms with Crippen molar-refractivity contribution in [3.8, 4) is 11.5 Å². The van der Waals surface area contributed by atoms with Gasteiger partial charge in [-0.15, -0.1) is 0 Å². The van der Waals surface area contributed by atoms with Crippen molar-refractivity contribution in [1.29, 1.82) is 0 Å². The Hall–Kier alpha value is -3.03. The van der Waals surface area contributed by atoms with Gasteiger partial charge in [0.15, 0.2) is 11.5 Å². The molecule has 0 fully saturated rings. The van der Waals surface area contributed by atoms with E-state index in [1.165, 1.54) is 4.90 Å². The Kier molecular flexibility index (Phi) is 3.19. The lowest BCUT2D eigenvalue weighted by atomic mass is 9.97. The highest BCUT2D eigenvalue weighted by Gasteiger charge is 2.36. The highest BCUT2D eigenvalue weighted by Crippen LogP contribution is 2.34. The fraction of sp³-hybridized carbons (Fsp3) is 0.312. The van der Waals surface area contributed by atoms with Crippen LogP contribution in [-0.4, -0.2) is 44.8 Å². The monoisotopic (exact) mass is 329 g/mol. The van der Waals surface area contributed by atoms with E-state index in [-0.39, 0.29) is 25.8 Å². The van der Waals surface area contributed by atoms with Gasteiger partial charge in [-0.1, -0.05) is 0 Å². The number of aromatic nitrogens is 2. The first-order valence-electron chi connectivity index (χ1n) is 7.46. The van der Waals surface area contributed by atoms with Crippen molar-refractivity contribution < 1.29 is 24.2 Å². The average molecular weight is 329 g/mol. The molecule has 0 radical (unpaired) electrons. The summed E-state index contributed by atoms with van der Waals surface area (Å²) in [4.78, 5) is 30.1. The van der Waals surface area contributed by atoms with Crippen LogP contribution in [0.25, 0.3) is 0 Å². The molecule has 3 heterocycles. The molecule has 2 aliphatic heterocycles. The summed E-state index contributed by atoms with van der Waals surface area (Å²) in [5.74, 6) is -0.898. The Labute approximate surface area is 137 Å². The zero-order chi connectivity index (χ0) is 16.8. The SMILES string of the molecule is Cn1cnc2c1[C@H](C(=O)O)CN(C(=O)c1ccc3c(c1)OCO3)C2. The van der Waals surface area contributed by atoms with Gasteiger partial charge in [0, 0.05) is 19.2 Å². The van der Waals surface area contributed by atoms with Crippen molar-refractivity contribution in [2.75, 3.05) is 13.3 Å². The third-order valence-electron chi connectivity index (χ3n) is 4.34. The molecule has 8 heteroatoms. The van der Waals surface area contributed by atoms with Crippen LogP contribution in [0, 0.1) is 0 Å². The third-order valence-corrected chi connectivity index (χ3v) is 4.34. The Bertz CT molecular complexity index is 844. The zero-order valence-corrected chi connectivity index (χ0v) is 12.9. The molecule has 1 amide bonds. The third kappa shape index (κ3) is 2.18. The summed E-state index contributed by atoms with van der Waals surface area (Å²) in [7, 11) is 1.76. The van der Waals surface area contributed by atoms with Crippen molar-refractivity contribution in [3.63, 3.8) is 0 Å². The molecule has 1 atom stereocenters. The number of rotatable bonds is 2. The van der Waals surface area contributed by atoms with E-state index in [2.05, 4.69) is 4.98 Å².